The SMILES string of the molecule is CC1(c2ccccc2F)CCCN1. The van der Waals surface area contributed by atoms with Crippen LogP contribution in [0.5, 0.6) is 0 Å². The zero-order chi connectivity index (χ0) is 9.31. The lowest BCUT2D eigenvalue weighted by Crippen LogP contribution is -2.34. The molecule has 1 aromatic rings. The van der Waals surface area contributed by atoms with Crippen molar-refractivity contribution in [1.29, 1.82) is 0 Å². The molecule has 1 nitrogen and oxygen atoms in total. The summed E-state index contributed by atoms with van der Waals surface area (Å²) in [5, 5.41) is 3.35. The highest BCUT2D eigenvalue weighted by Gasteiger charge is 2.31. The lowest BCUT2D eigenvalue weighted by molar-refractivity contribution is 0.411. The normalized spacial score (nSPS) is 27.8. The van der Waals surface area contributed by atoms with E-state index in [2.05, 4.69) is 12.2 Å². The summed E-state index contributed by atoms with van der Waals surface area (Å²) in [7, 11) is 0. The molecule has 1 fully saturated rings. The lowest BCUT2D eigenvalue weighted by Gasteiger charge is -2.25. The minimum atomic E-state index is -0.147. The fraction of sp³-hybridized carbons (Fsp3) is 0.455. The van der Waals surface area contributed by atoms with Crippen molar-refractivity contribution in [3.63, 3.8) is 0 Å². The Hall–Kier alpha value is -0.890. The van der Waals surface area contributed by atoms with Crippen LogP contribution in [0.15, 0.2) is 24.3 Å². The number of nitrogens with one attached hydrogen (secondary N) is 1. The maximum atomic E-state index is 13.4. The van der Waals surface area contributed by atoms with E-state index in [1.165, 1.54) is 6.07 Å². The molecule has 1 N–H and O–H groups in total. The Bertz CT molecular complexity index is 303. The molecule has 1 saturated heterocycles. The van der Waals surface area contributed by atoms with E-state index < -0.39 is 0 Å². The fourth-order valence-electron chi connectivity index (χ4n) is 2.03. The molecule has 2 rings (SSSR count). The maximum Gasteiger partial charge on any atom is 0.128 e. The largest absolute Gasteiger partial charge is 0.308 e. The van der Waals surface area contributed by atoms with Crippen LogP contribution in [-0.2, 0) is 5.54 Å². The van der Waals surface area contributed by atoms with Crippen LogP contribution in [0.4, 0.5) is 4.39 Å². The summed E-state index contributed by atoms with van der Waals surface area (Å²) in [5.74, 6) is -0.0978. The summed E-state index contributed by atoms with van der Waals surface area (Å²) in [6.07, 6.45) is 2.15. The van der Waals surface area contributed by atoms with Crippen molar-refractivity contribution in [2.24, 2.45) is 0 Å². The van der Waals surface area contributed by atoms with E-state index in [4.69, 9.17) is 0 Å². The molecular weight excluding hydrogens is 165 g/mol. The molecule has 1 heterocycles. The number of hydrogen-bond donors (Lipinski definition) is 1. The molecule has 0 amide bonds. The van der Waals surface area contributed by atoms with Gasteiger partial charge in [0.05, 0.1) is 0 Å². The molecule has 70 valence electrons. The summed E-state index contributed by atoms with van der Waals surface area (Å²) in [6.45, 7) is 3.06. The first-order valence-corrected chi connectivity index (χ1v) is 4.72. The minimum Gasteiger partial charge on any atom is -0.308 e. The molecule has 2 heteroatoms. The van der Waals surface area contributed by atoms with Crippen molar-refractivity contribution in [2.45, 2.75) is 25.3 Å². The molecule has 13 heavy (non-hydrogen) atoms. The van der Waals surface area contributed by atoms with Gasteiger partial charge in [0, 0.05) is 11.1 Å². The molecule has 1 aliphatic rings. The zero-order valence-electron chi connectivity index (χ0n) is 7.81. The van der Waals surface area contributed by atoms with Gasteiger partial charge in [-0.1, -0.05) is 18.2 Å². The summed E-state index contributed by atoms with van der Waals surface area (Å²) >= 11 is 0. The number of halogens is 1. The molecule has 0 bridgehead atoms. The standard InChI is InChI=1S/C11H14FN/c1-11(7-4-8-13-11)9-5-2-3-6-10(9)12/h2-3,5-6,13H,4,7-8H2,1H3. The number of rotatable bonds is 1. The van der Waals surface area contributed by atoms with Gasteiger partial charge in [0.25, 0.3) is 0 Å². The first-order chi connectivity index (χ1) is 6.22. The van der Waals surface area contributed by atoms with Crippen molar-refractivity contribution in [3.05, 3.63) is 35.6 Å². The van der Waals surface area contributed by atoms with Crippen LogP contribution < -0.4 is 5.32 Å². The van der Waals surface area contributed by atoms with Crippen LogP contribution in [0, 0.1) is 5.82 Å². The Morgan fingerprint density at radius 2 is 2.15 bits per heavy atom. The molecule has 0 saturated carbocycles. The molecule has 0 spiro atoms. The van der Waals surface area contributed by atoms with E-state index >= 15 is 0 Å². The minimum absolute atomic E-state index is 0.0978. The zero-order valence-corrected chi connectivity index (χ0v) is 7.81. The summed E-state index contributed by atoms with van der Waals surface area (Å²) in [6, 6.07) is 7.02. The predicted molar refractivity (Wildman–Crippen MR) is 51.0 cm³/mol. The van der Waals surface area contributed by atoms with Crippen LogP contribution in [0.1, 0.15) is 25.3 Å². The third-order valence-corrected chi connectivity index (χ3v) is 2.84. The second kappa shape index (κ2) is 3.11. The predicted octanol–water partition coefficient (Wildman–Crippen LogP) is 2.42. The average Bonchev–Trinajstić information content (AvgIpc) is 2.54. The van der Waals surface area contributed by atoms with E-state index in [9.17, 15) is 4.39 Å². The highest BCUT2D eigenvalue weighted by atomic mass is 19.1. The maximum absolute atomic E-state index is 13.4. The summed E-state index contributed by atoms with van der Waals surface area (Å²) in [5.41, 5.74) is 0.651. The van der Waals surface area contributed by atoms with Crippen molar-refractivity contribution in [2.75, 3.05) is 6.54 Å². The molecule has 1 unspecified atom stereocenters. The Kier molecular flexibility index (Phi) is 2.08. The molecule has 1 aliphatic heterocycles. The van der Waals surface area contributed by atoms with Gasteiger partial charge < -0.3 is 5.32 Å². The highest BCUT2D eigenvalue weighted by molar-refractivity contribution is 5.26. The fourth-order valence-corrected chi connectivity index (χ4v) is 2.03. The lowest BCUT2D eigenvalue weighted by atomic mass is 9.90. The third kappa shape index (κ3) is 1.46. The highest BCUT2D eigenvalue weighted by Crippen LogP contribution is 2.31. The van der Waals surface area contributed by atoms with Gasteiger partial charge in [-0.2, -0.15) is 0 Å². The van der Waals surface area contributed by atoms with Gasteiger partial charge in [-0.15, -0.1) is 0 Å². The van der Waals surface area contributed by atoms with E-state index in [0.717, 1.165) is 24.9 Å². The molecule has 0 aliphatic carbocycles. The van der Waals surface area contributed by atoms with Crippen molar-refractivity contribution >= 4 is 0 Å². The van der Waals surface area contributed by atoms with Crippen molar-refractivity contribution in [1.82, 2.24) is 5.32 Å². The van der Waals surface area contributed by atoms with Crippen LogP contribution in [0.3, 0.4) is 0 Å². The van der Waals surface area contributed by atoms with Crippen molar-refractivity contribution < 1.29 is 4.39 Å². The van der Waals surface area contributed by atoms with Crippen LogP contribution in [0.25, 0.3) is 0 Å². The second-order valence-electron chi connectivity index (χ2n) is 3.84. The second-order valence-corrected chi connectivity index (χ2v) is 3.84. The first-order valence-electron chi connectivity index (χ1n) is 4.72. The van der Waals surface area contributed by atoms with E-state index in [1.807, 2.05) is 12.1 Å². The van der Waals surface area contributed by atoms with Gasteiger partial charge in [0.1, 0.15) is 5.82 Å². The molecule has 0 aromatic heterocycles. The monoisotopic (exact) mass is 179 g/mol. The Morgan fingerprint density at radius 1 is 1.38 bits per heavy atom. The van der Waals surface area contributed by atoms with Crippen LogP contribution >= 0.6 is 0 Å². The van der Waals surface area contributed by atoms with Gasteiger partial charge in [0.2, 0.25) is 0 Å². The molecule has 1 aromatic carbocycles. The smallest absolute Gasteiger partial charge is 0.128 e. The van der Waals surface area contributed by atoms with Gasteiger partial charge in [-0.05, 0) is 32.4 Å². The summed E-state index contributed by atoms with van der Waals surface area (Å²) < 4.78 is 13.4. The third-order valence-electron chi connectivity index (χ3n) is 2.84. The Labute approximate surface area is 78.0 Å². The van der Waals surface area contributed by atoms with Crippen LogP contribution in [0.2, 0.25) is 0 Å². The van der Waals surface area contributed by atoms with E-state index in [-0.39, 0.29) is 11.4 Å². The van der Waals surface area contributed by atoms with Gasteiger partial charge in [-0.3, -0.25) is 0 Å². The van der Waals surface area contributed by atoms with Crippen molar-refractivity contribution in [3.8, 4) is 0 Å². The molecular formula is C11H14FN. The number of benzene rings is 1. The molecule has 1 atom stereocenters. The molecule has 0 radical (unpaired) electrons. The van der Waals surface area contributed by atoms with Gasteiger partial charge in [0.15, 0.2) is 0 Å². The van der Waals surface area contributed by atoms with E-state index in [1.54, 1.807) is 6.07 Å². The Morgan fingerprint density at radius 3 is 2.77 bits per heavy atom. The quantitative estimate of drug-likeness (QED) is 0.698. The van der Waals surface area contributed by atoms with Gasteiger partial charge in [-0.25, -0.2) is 4.39 Å². The average molecular weight is 179 g/mol. The van der Waals surface area contributed by atoms with E-state index in [0.29, 0.717) is 0 Å². The summed E-state index contributed by atoms with van der Waals surface area (Å²) in [4.78, 5) is 0. The number of hydrogen-bond acceptors (Lipinski definition) is 1. The Balaban J connectivity index is 2.39. The topological polar surface area (TPSA) is 12.0 Å². The first kappa shape index (κ1) is 8.70. The van der Waals surface area contributed by atoms with Gasteiger partial charge >= 0.3 is 0 Å². The van der Waals surface area contributed by atoms with Crippen LogP contribution in [-0.4, -0.2) is 6.54 Å².